The molecule has 2 aromatic carbocycles. The molecule has 0 bridgehead atoms. The Kier molecular flexibility index (Phi) is 6.67. The number of carbonyl (C=O) groups excluding carboxylic acids is 2. The van der Waals surface area contributed by atoms with E-state index in [0.29, 0.717) is 19.4 Å². The van der Waals surface area contributed by atoms with Gasteiger partial charge in [-0.15, -0.1) is 0 Å². The molecule has 2 aliphatic rings. The van der Waals surface area contributed by atoms with E-state index in [1.807, 2.05) is 38.1 Å². The van der Waals surface area contributed by atoms with Gasteiger partial charge in [-0.1, -0.05) is 62.4 Å². The number of hydrogen-bond donors (Lipinski definition) is 3. The summed E-state index contributed by atoms with van der Waals surface area (Å²) in [4.78, 5) is 36.3. The van der Waals surface area contributed by atoms with Crippen molar-refractivity contribution in [1.29, 1.82) is 0 Å². The summed E-state index contributed by atoms with van der Waals surface area (Å²) in [5, 5.41) is 14.5. The van der Waals surface area contributed by atoms with Gasteiger partial charge in [-0.25, -0.2) is 4.79 Å². The maximum Gasteiger partial charge on any atom is 0.407 e. The van der Waals surface area contributed by atoms with Gasteiger partial charge in [0.2, 0.25) is 5.91 Å². The van der Waals surface area contributed by atoms with E-state index in [1.54, 1.807) is 0 Å². The zero-order valence-corrected chi connectivity index (χ0v) is 18.9. The number of carboxylic acids is 1. The van der Waals surface area contributed by atoms with E-state index in [9.17, 15) is 14.4 Å². The second kappa shape index (κ2) is 9.65. The van der Waals surface area contributed by atoms with E-state index in [4.69, 9.17) is 9.84 Å². The average Bonchev–Trinajstić information content (AvgIpc) is 3.51. The lowest BCUT2D eigenvalue weighted by molar-refractivity contribution is -0.139. The Balaban J connectivity index is 1.35. The third-order valence-corrected chi connectivity index (χ3v) is 6.44. The van der Waals surface area contributed by atoms with Gasteiger partial charge in [0.1, 0.15) is 12.6 Å². The van der Waals surface area contributed by atoms with Crippen LogP contribution in [0.5, 0.6) is 0 Å². The van der Waals surface area contributed by atoms with Gasteiger partial charge in [-0.05, 0) is 46.9 Å². The SMILES string of the molecule is CC(C)CC(NC(=O)OCC1c2ccccc2-c2ccccc21)C(=O)NCC1CC1C(=O)O. The number of rotatable bonds is 9. The summed E-state index contributed by atoms with van der Waals surface area (Å²) >= 11 is 0. The lowest BCUT2D eigenvalue weighted by Gasteiger charge is -2.21. The van der Waals surface area contributed by atoms with Crippen LogP contribution in [0.4, 0.5) is 4.79 Å². The van der Waals surface area contributed by atoms with E-state index in [2.05, 4.69) is 34.9 Å². The molecule has 0 spiro atoms. The predicted octanol–water partition coefficient (Wildman–Crippen LogP) is 3.78. The van der Waals surface area contributed by atoms with E-state index >= 15 is 0 Å². The van der Waals surface area contributed by atoms with Gasteiger partial charge in [-0.3, -0.25) is 9.59 Å². The van der Waals surface area contributed by atoms with Crippen molar-refractivity contribution in [3.05, 3.63) is 59.7 Å². The van der Waals surface area contributed by atoms with Crippen molar-refractivity contribution in [3.63, 3.8) is 0 Å². The summed E-state index contributed by atoms with van der Waals surface area (Å²) in [5.74, 6) is -1.44. The lowest BCUT2D eigenvalue weighted by Crippen LogP contribution is -2.48. The monoisotopic (exact) mass is 450 g/mol. The maximum atomic E-state index is 12.7. The summed E-state index contributed by atoms with van der Waals surface area (Å²) < 4.78 is 5.58. The molecular formula is C26H30N2O5. The van der Waals surface area contributed by atoms with Gasteiger partial charge < -0.3 is 20.5 Å². The van der Waals surface area contributed by atoms with Crippen molar-refractivity contribution < 1.29 is 24.2 Å². The van der Waals surface area contributed by atoms with Gasteiger partial charge in [0, 0.05) is 12.5 Å². The van der Waals surface area contributed by atoms with Gasteiger partial charge in [-0.2, -0.15) is 0 Å². The topological polar surface area (TPSA) is 105 Å². The highest BCUT2D eigenvalue weighted by atomic mass is 16.5. The highest BCUT2D eigenvalue weighted by molar-refractivity contribution is 5.86. The number of hydrogen-bond acceptors (Lipinski definition) is 4. The van der Waals surface area contributed by atoms with Crippen molar-refractivity contribution in [1.82, 2.24) is 10.6 Å². The smallest absolute Gasteiger partial charge is 0.407 e. The Bertz CT molecular complexity index is 1000. The number of aliphatic carboxylic acids is 1. The first-order valence-corrected chi connectivity index (χ1v) is 11.5. The molecule has 0 aromatic heterocycles. The quantitative estimate of drug-likeness (QED) is 0.539. The normalized spacial score (nSPS) is 19.4. The predicted molar refractivity (Wildman–Crippen MR) is 124 cm³/mol. The molecule has 174 valence electrons. The zero-order chi connectivity index (χ0) is 23.5. The maximum absolute atomic E-state index is 12.7. The molecule has 7 heteroatoms. The molecule has 4 rings (SSSR count). The minimum Gasteiger partial charge on any atom is -0.481 e. The summed E-state index contributed by atoms with van der Waals surface area (Å²) in [6.07, 6.45) is 0.403. The van der Waals surface area contributed by atoms with Crippen molar-refractivity contribution in [2.24, 2.45) is 17.8 Å². The Hall–Kier alpha value is -3.35. The fourth-order valence-corrected chi connectivity index (χ4v) is 4.62. The summed E-state index contributed by atoms with van der Waals surface area (Å²) in [6.45, 7) is 4.43. The van der Waals surface area contributed by atoms with Crippen LogP contribution in [0.2, 0.25) is 0 Å². The van der Waals surface area contributed by atoms with Gasteiger partial charge in [0.05, 0.1) is 5.92 Å². The molecular weight excluding hydrogens is 420 g/mol. The molecule has 1 fully saturated rings. The number of benzene rings is 2. The Morgan fingerprint density at radius 1 is 1.03 bits per heavy atom. The number of nitrogens with one attached hydrogen (secondary N) is 2. The van der Waals surface area contributed by atoms with Crippen LogP contribution in [-0.4, -0.2) is 42.3 Å². The fourth-order valence-electron chi connectivity index (χ4n) is 4.62. The summed E-state index contributed by atoms with van der Waals surface area (Å²) in [7, 11) is 0. The average molecular weight is 451 g/mol. The van der Waals surface area contributed by atoms with Gasteiger partial charge >= 0.3 is 12.1 Å². The number of carbonyl (C=O) groups is 3. The second-order valence-corrected chi connectivity index (χ2v) is 9.34. The lowest BCUT2D eigenvalue weighted by atomic mass is 9.98. The van der Waals surface area contributed by atoms with Crippen LogP contribution in [0.25, 0.3) is 11.1 Å². The first kappa shape index (κ1) is 22.8. The fraction of sp³-hybridized carbons (Fsp3) is 0.423. The van der Waals surface area contributed by atoms with E-state index < -0.39 is 18.1 Å². The first-order chi connectivity index (χ1) is 15.8. The molecule has 0 heterocycles. The molecule has 7 nitrogen and oxygen atoms in total. The minimum atomic E-state index is -0.829. The van der Waals surface area contributed by atoms with Crippen molar-refractivity contribution in [2.75, 3.05) is 13.2 Å². The molecule has 2 aromatic rings. The number of fused-ring (bicyclic) bond motifs is 3. The van der Waals surface area contributed by atoms with Gasteiger partial charge in [0.15, 0.2) is 0 Å². The Labute approximate surface area is 193 Å². The molecule has 1 saturated carbocycles. The highest BCUT2D eigenvalue weighted by Gasteiger charge is 2.43. The van der Waals surface area contributed by atoms with E-state index in [0.717, 1.165) is 22.3 Å². The van der Waals surface area contributed by atoms with Crippen LogP contribution in [0.15, 0.2) is 48.5 Å². The van der Waals surface area contributed by atoms with Crippen LogP contribution >= 0.6 is 0 Å². The molecule has 33 heavy (non-hydrogen) atoms. The van der Waals surface area contributed by atoms with Crippen molar-refractivity contribution >= 4 is 18.0 Å². The molecule has 2 aliphatic carbocycles. The number of ether oxygens (including phenoxy) is 1. The minimum absolute atomic E-state index is 0.0411. The molecule has 3 N–H and O–H groups in total. The van der Waals surface area contributed by atoms with Gasteiger partial charge in [0.25, 0.3) is 0 Å². The third kappa shape index (κ3) is 5.18. The van der Waals surface area contributed by atoms with Crippen LogP contribution in [0, 0.1) is 17.8 Å². The highest BCUT2D eigenvalue weighted by Crippen LogP contribution is 2.44. The van der Waals surface area contributed by atoms with Crippen molar-refractivity contribution in [2.45, 2.75) is 38.6 Å². The van der Waals surface area contributed by atoms with E-state index in [-0.39, 0.29) is 36.2 Å². The van der Waals surface area contributed by atoms with E-state index in [1.165, 1.54) is 0 Å². The zero-order valence-electron chi connectivity index (χ0n) is 18.9. The molecule has 3 atom stereocenters. The Morgan fingerprint density at radius 2 is 1.64 bits per heavy atom. The molecule has 0 radical (unpaired) electrons. The third-order valence-electron chi connectivity index (χ3n) is 6.44. The number of amides is 2. The standard InChI is InChI=1S/C26H30N2O5/c1-15(2)11-23(24(29)27-13-16-12-21(16)25(30)31)28-26(32)33-14-22-19-9-5-3-7-17(19)18-8-4-6-10-20(18)22/h3-10,15-16,21-23H,11-14H2,1-2H3,(H,27,29)(H,28,32)(H,30,31). The molecule has 2 amide bonds. The second-order valence-electron chi connectivity index (χ2n) is 9.34. The van der Waals surface area contributed by atoms with Crippen molar-refractivity contribution in [3.8, 4) is 11.1 Å². The number of alkyl carbamates (subject to hydrolysis) is 1. The number of carboxylic acid groups (broad SMARTS) is 1. The van der Waals surface area contributed by atoms with Crippen LogP contribution in [-0.2, 0) is 14.3 Å². The first-order valence-electron chi connectivity index (χ1n) is 11.5. The van der Waals surface area contributed by atoms with Crippen LogP contribution in [0.3, 0.4) is 0 Å². The molecule has 0 aliphatic heterocycles. The molecule has 3 unspecified atom stereocenters. The van der Waals surface area contributed by atoms with Crippen LogP contribution < -0.4 is 10.6 Å². The van der Waals surface area contributed by atoms with Crippen LogP contribution in [0.1, 0.15) is 43.7 Å². The summed E-state index contributed by atoms with van der Waals surface area (Å²) in [5.41, 5.74) is 4.55. The largest absolute Gasteiger partial charge is 0.481 e. The summed E-state index contributed by atoms with van der Waals surface area (Å²) in [6, 6.07) is 15.5. The Morgan fingerprint density at radius 3 is 2.18 bits per heavy atom. The molecule has 0 saturated heterocycles.